The first-order valence-electron chi connectivity index (χ1n) is 6.38. The fraction of sp³-hybridized carbons (Fsp3) is 0.176. The highest BCUT2D eigenvalue weighted by Gasteiger charge is 2.08. The zero-order valence-electron chi connectivity index (χ0n) is 11.5. The molecule has 0 fully saturated rings. The number of aliphatic hydroxyl groups excluding tert-OH is 1. The molecule has 21 heavy (non-hydrogen) atoms. The van der Waals surface area contributed by atoms with Crippen molar-refractivity contribution in [3.05, 3.63) is 63.9 Å². The van der Waals surface area contributed by atoms with Crippen LogP contribution in [0.1, 0.15) is 16.7 Å². The van der Waals surface area contributed by atoms with E-state index in [1.165, 1.54) is 6.07 Å². The summed E-state index contributed by atoms with van der Waals surface area (Å²) in [5.74, 6) is 5.47. The third-order valence-electron chi connectivity index (χ3n) is 2.85. The monoisotopic (exact) mass is 304 g/mol. The van der Waals surface area contributed by atoms with Crippen LogP contribution in [0.3, 0.4) is 0 Å². The molecule has 0 atom stereocenters. The first-order valence-corrected chi connectivity index (χ1v) is 6.75. The Morgan fingerprint density at radius 2 is 2.10 bits per heavy atom. The molecule has 2 nitrogen and oxygen atoms in total. The lowest BCUT2D eigenvalue weighted by atomic mass is 10.1. The third-order valence-corrected chi connectivity index (χ3v) is 3.14. The topological polar surface area (TPSA) is 29.5 Å². The summed E-state index contributed by atoms with van der Waals surface area (Å²) in [7, 11) is 0. The standard InChI is InChI=1S/C17H14ClFO2/c1-12-7-8-16(13(10-12)5-3-9-20)21-11-14-4-2-6-15(18)17(14)19/h2,4,6-8,10,20H,9,11H2,1H3. The van der Waals surface area contributed by atoms with Gasteiger partial charge in [0, 0.05) is 5.56 Å². The molecule has 108 valence electrons. The van der Waals surface area contributed by atoms with Gasteiger partial charge in [0.2, 0.25) is 0 Å². The van der Waals surface area contributed by atoms with E-state index in [9.17, 15) is 4.39 Å². The van der Waals surface area contributed by atoms with Crippen molar-refractivity contribution in [3.63, 3.8) is 0 Å². The number of aryl methyl sites for hydroxylation is 1. The number of ether oxygens (including phenoxy) is 1. The van der Waals surface area contributed by atoms with E-state index in [1.807, 2.05) is 19.1 Å². The van der Waals surface area contributed by atoms with E-state index in [1.54, 1.807) is 18.2 Å². The number of halogens is 2. The normalized spacial score (nSPS) is 9.90. The SMILES string of the molecule is Cc1ccc(OCc2cccc(Cl)c2F)c(C#CCO)c1. The lowest BCUT2D eigenvalue weighted by Crippen LogP contribution is -2.00. The molecule has 2 aromatic rings. The van der Waals surface area contributed by atoms with E-state index in [4.69, 9.17) is 21.4 Å². The molecular formula is C17H14ClFO2. The Hall–Kier alpha value is -2.02. The number of hydrogen-bond donors (Lipinski definition) is 1. The van der Waals surface area contributed by atoms with Gasteiger partial charge in [-0.25, -0.2) is 4.39 Å². The maximum Gasteiger partial charge on any atom is 0.148 e. The summed E-state index contributed by atoms with van der Waals surface area (Å²) in [6.45, 7) is 1.77. The summed E-state index contributed by atoms with van der Waals surface area (Å²) in [5.41, 5.74) is 2.06. The summed E-state index contributed by atoms with van der Waals surface area (Å²) >= 11 is 5.74. The van der Waals surface area contributed by atoms with Gasteiger partial charge >= 0.3 is 0 Å². The molecule has 0 aliphatic carbocycles. The second-order valence-electron chi connectivity index (χ2n) is 4.46. The van der Waals surface area contributed by atoms with E-state index in [0.29, 0.717) is 16.9 Å². The Balaban J connectivity index is 2.22. The molecule has 0 spiro atoms. The van der Waals surface area contributed by atoms with E-state index in [0.717, 1.165) is 5.56 Å². The summed E-state index contributed by atoms with van der Waals surface area (Å²) in [5, 5.41) is 8.85. The highest BCUT2D eigenvalue weighted by Crippen LogP contribution is 2.23. The van der Waals surface area contributed by atoms with Gasteiger partial charge < -0.3 is 9.84 Å². The zero-order chi connectivity index (χ0) is 15.2. The zero-order valence-corrected chi connectivity index (χ0v) is 12.2. The van der Waals surface area contributed by atoms with Crippen molar-refractivity contribution in [2.45, 2.75) is 13.5 Å². The van der Waals surface area contributed by atoms with Gasteiger partial charge in [-0.2, -0.15) is 0 Å². The molecule has 0 unspecified atom stereocenters. The predicted octanol–water partition coefficient (Wildman–Crippen LogP) is 3.71. The van der Waals surface area contributed by atoms with Crippen molar-refractivity contribution < 1.29 is 14.2 Å². The maximum atomic E-state index is 13.8. The van der Waals surface area contributed by atoms with Crippen LogP contribution in [0.2, 0.25) is 5.02 Å². The largest absolute Gasteiger partial charge is 0.487 e. The van der Waals surface area contributed by atoms with Crippen molar-refractivity contribution in [2.75, 3.05) is 6.61 Å². The Morgan fingerprint density at radius 1 is 1.29 bits per heavy atom. The lowest BCUT2D eigenvalue weighted by Gasteiger charge is -2.10. The second-order valence-corrected chi connectivity index (χ2v) is 4.87. The van der Waals surface area contributed by atoms with Gasteiger partial charge in [0.05, 0.1) is 10.6 Å². The molecule has 0 bridgehead atoms. The van der Waals surface area contributed by atoms with Crippen LogP contribution in [-0.2, 0) is 6.61 Å². The Kier molecular flexibility index (Phi) is 5.21. The molecule has 2 rings (SSSR count). The average molecular weight is 305 g/mol. The molecule has 2 aromatic carbocycles. The first kappa shape index (κ1) is 15.4. The van der Waals surface area contributed by atoms with E-state index in [2.05, 4.69) is 11.8 Å². The van der Waals surface area contributed by atoms with Gasteiger partial charge in [0.1, 0.15) is 24.8 Å². The molecule has 0 aliphatic rings. The van der Waals surface area contributed by atoms with Gasteiger partial charge in [-0.15, -0.1) is 0 Å². The summed E-state index contributed by atoms with van der Waals surface area (Å²) in [4.78, 5) is 0. The summed E-state index contributed by atoms with van der Waals surface area (Å²) < 4.78 is 19.4. The summed E-state index contributed by atoms with van der Waals surface area (Å²) in [6, 6.07) is 10.3. The fourth-order valence-corrected chi connectivity index (χ4v) is 2.01. The van der Waals surface area contributed by atoms with Crippen LogP contribution < -0.4 is 4.74 Å². The molecule has 0 aliphatic heterocycles. The van der Waals surface area contributed by atoms with Gasteiger partial charge in [0.15, 0.2) is 0 Å². The molecule has 0 aromatic heterocycles. The van der Waals surface area contributed by atoms with Gasteiger partial charge in [-0.05, 0) is 30.7 Å². The molecule has 1 N–H and O–H groups in total. The van der Waals surface area contributed by atoms with E-state index >= 15 is 0 Å². The van der Waals surface area contributed by atoms with Crippen molar-refractivity contribution >= 4 is 11.6 Å². The lowest BCUT2D eigenvalue weighted by molar-refractivity contribution is 0.299. The second kappa shape index (κ2) is 7.12. The summed E-state index contributed by atoms with van der Waals surface area (Å²) in [6.07, 6.45) is 0. The molecule has 4 heteroatoms. The van der Waals surface area contributed by atoms with Crippen molar-refractivity contribution in [1.29, 1.82) is 0 Å². The smallest absolute Gasteiger partial charge is 0.148 e. The minimum Gasteiger partial charge on any atom is -0.487 e. The predicted molar refractivity (Wildman–Crippen MR) is 80.9 cm³/mol. The van der Waals surface area contributed by atoms with Crippen LogP contribution in [0.5, 0.6) is 5.75 Å². The van der Waals surface area contributed by atoms with Crippen LogP contribution in [0.25, 0.3) is 0 Å². The molecule has 0 saturated heterocycles. The number of aliphatic hydroxyl groups is 1. The Bertz CT molecular complexity index is 702. The molecule has 0 radical (unpaired) electrons. The highest BCUT2D eigenvalue weighted by atomic mass is 35.5. The number of rotatable bonds is 3. The van der Waals surface area contributed by atoms with Gasteiger partial charge in [-0.1, -0.05) is 41.6 Å². The van der Waals surface area contributed by atoms with Crippen LogP contribution in [-0.4, -0.2) is 11.7 Å². The minimum atomic E-state index is -0.478. The minimum absolute atomic E-state index is 0.0588. The Morgan fingerprint density at radius 3 is 2.86 bits per heavy atom. The van der Waals surface area contributed by atoms with Crippen LogP contribution in [0.15, 0.2) is 36.4 Å². The van der Waals surface area contributed by atoms with Crippen LogP contribution >= 0.6 is 11.6 Å². The first-order chi connectivity index (χ1) is 10.1. The quantitative estimate of drug-likeness (QED) is 0.876. The molecule has 0 amide bonds. The molecule has 0 heterocycles. The van der Waals surface area contributed by atoms with Gasteiger partial charge in [-0.3, -0.25) is 0 Å². The van der Waals surface area contributed by atoms with Crippen molar-refractivity contribution in [1.82, 2.24) is 0 Å². The van der Waals surface area contributed by atoms with Crippen molar-refractivity contribution in [3.8, 4) is 17.6 Å². The highest BCUT2D eigenvalue weighted by molar-refractivity contribution is 6.30. The fourth-order valence-electron chi connectivity index (χ4n) is 1.82. The van der Waals surface area contributed by atoms with Gasteiger partial charge in [0.25, 0.3) is 0 Å². The average Bonchev–Trinajstić information content (AvgIpc) is 2.48. The number of hydrogen-bond acceptors (Lipinski definition) is 2. The maximum absolute atomic E-state index is 13.8. The van der Waals surface area contributed by atoms with Crippen LogP contribution in [0, 0.1) is 24.6 Å². The molecule has 0 saturated carbocycles. The third kappa shape index (κ3) is 3.98. The Labute approximate surface area is 128 Å². The van der Waals surface area contributed by atoms with Crippen LogP contribution in [0.4, 0.5) is 4.39 Å². The van der Waals surface area contributed by atoms with E-state index < -0.39 is 5.82 Å². The van der Waals surface area contributed by atoms with E-state index in [-0.39, 0.29) is 18.2 Å². The van der Waals surface area contributed by atoms with Crippen molar-refractivity contribution in [2.24, 2.45) is 0 Å². The molecular weight excluding hydrogens is 291 g/mol. The number of benzene rings is 2.